The Bertz CT molecular complexity index is 502. The Morgan fingerprint density at radius 3 is 2.62 bits per heavy atom. The van der Waals surface area contributed by atoms with E-state index in [-0.39, 0.29) is 18.1 Å². The molecule has 0 atom stereocenters. The summed E-state index contributed by atoms with van der Waals surface area (Å²) in [7, 11) is 0. The molecule has 1 fully saturated rings. The predicted octanol–water partition coefficient (Wildman–Crippen LogP) is 2.27. The smallest absolute Gasteiger partial charge is 0.387 e. The van der Waals surface area contributed by atoms with Crippen molar-refractivity contribution in [1.29, 1.82) is 0 Å². The molecule has 21 heavy (non-hydrogen) atoms. The van der Waals surface area contributed by atoms with Gasteiger partial charge in [0.25, 0.3) is 5.91 Å². The quantitative estimate of drug-likeness (QED) is 0.928. The number of carbonyl (C=O) groups is 1. The molecule has 0 bridgehead atoms. The lowest BCUT2D eigenvalue weighted by Crippen LogP contribution is -2.39. The standard InChI is InChI=1S/C14H16F3NO3/c15-10-1-2-11(12(7-10)21-14(16)17)13(20)18-5-3-9(8-19)4-6-18/h1-2,7,9,14,19H,3-6,8H2. The zero-order valence-electron chi connectivity index (χ0n) is 11.3. The van der Waals surface area contributed by atoms with Crippen LogP contribution < -0.4 is 4.74 Å². The van der Waals surface area contributed by atoms with Crippen LogP contribution in [-0.4, -0.2) is 42.2 Å². The van der Waals surface area contributed by atoms with Gasteiger partial charge in [0.15, 0.2) is 0 Å². The molecule has 0 spiro atoms. The normalized spacial score (nSPS) is 16.3. The van der Waals surface area contributed by atoms with Crippen molar-refractivity contribution in [2.24, 2.45) is 5.92 Å². The molecular weight excluding hydrogens is 287 g/mol. The second-order valence-corrected chi connectivity index (χ2v) is 4.94. The highest BCUT2D eigenvalue weighted by Crippen LogP contribution is 2.26. The summed E-state index contributed by atoms with van der Waals surface area (Å²) in [6, 6.07) is 2.96. The van der Waals surface area contributed by atoms with Crippen molar-refractivity contribution in [2.75, 3.05) is 19.7 Å². The second kappa shape index (κ2) is 6.80. The molecule has 0 unspecified atom stereocenters. The van der Waals surface area contributed by atoms with Gasteiger partial charge in [0.1, 0.15) is 11.6 Å². The van der Waals surface area contributed by atoms with Gasteiger partial charge in [-0.2, -0.15) is 8.78 Å². The van der Waals surface area contributed by atoms with Gasteiger partial charge in [0, 0.05) is 25.8 Å². The van der Waals surface area contributed by atoms with Gasteiger partial charge in [0.05, 0.1) is 5.56 Å². The minimum Gasteiger partial charge on any atom is -0.434 e. The molecule has 1 amide bonds. The number of aliphatic hydroxyl groups is 1. The summed E-state index contributed by atoms with van der Waals surface area (Å²) in [5, 5.41) is 9.06. The molecular formula is C14H16F3NO3. The van der Waals surface area contributed by atoms with E-state index in [0.29, 0.717) is 25.9 Å². The van der Waals surface area contributed by atoms with Crippen LogP contribution >= 0.6 is 0 Å². The van der Waals surface area contributed by atoms with Gasteiger partial charge in [-0.3, -0.25) is 4.79 Å². The summed E-state index contributed by atoms with van der Waals surface area (Å²) >= 11 is 0. The van der Waals surface area contributed by atoms with Crippen molar-refractivity contribution in [2.45, 2.75) is 19.5 Å². The summed E-state index contributed by atoms with van der Waals surface area (Å²) in [6.07, 6.45) is 1.29. The zero-order valence-corrected chi connectivity index (χ0v) is 11.3. The number of benzene rings is 1. The first-order valence-corrected chi connectivity index (χ1v) is 6.65. The number of piperidine rings is 1. The molecule has 1 aromatic rings. The van der Waals surface area contributed by atoms with E-state index in [4.69, 9.17) is 5.11 Å². The molecule has 1 aliphatic rings. The second-order valence-electron chi connectivity index (χ2n) is 4.94. The van der Waals surface area contributed by atoms with Crippen molar-refractivity contribution < 1.29 is 27.8 Å². The predicted molar refractivity (Wildman–Crippen MR) is 68.7 cm³/mol. The number of ether oxygens (including phenoxy) is 1. The third kappa shape index (κ3) is 3.87. The number of nitrogens with zero attached hydrogens (tertiary/aromatic N) is 1. The molecule has 1 aliphatic heterocycles. The number of amides is 1. The summed E-state index contributed by atoms with van der Waals surface area (Å²) in [4.78, 5) is 13.8. The van der Waals surface area contributed by atoms with Crippen LogP contribution in [0.4, 0.5) is 13.2 Å². The van der Waals surface area contributed by atoms with Crippen LogP contribution in [0, 0.1) is 11.7 Å². The van der Waals surface area contributed by atoms with Gasteiger partial charge in [-0.1, -0.05) is 0 Å². The fourth-order valence-electron chi connectivity index (χ4n) is 2.36. The maximum Gasteiger partial charge on any atom is 0.387 e. The zero-order chi connectivity index (χ0) is 15.4. The Hall–Kier alpha value is -1.76. The van der Waals surface area contributed by atoms with Crippen molar-refractivity contribution in [1.82, 2.24) is 4.90 Å². The highest BCUT2D eigenvalue weighted by molar-refractivity contribution is 5.97. The van der Waals surface area contributed by atoms with E-state index in [1.54, 1.807) is 0 Å². The molecule has 0 saturated carbocycles. The van der Waals surface area contributed by atoms with E-state index in [1.165, 1.54) is 4.90 Å². The number of likely N-dealkylation sites (tertiary alicyclic amines) is 1. The summed E-state index contributed by atoms with van der Waals surface area (Å²) in [6.45, 7) is -2.21. The topological polar surface area (TPSA) is 49.8 Å². The van der Waals surface area contributed by atoms with E-state index in [1.807, 2.05) is 0 Å². The van der Waals surface area contributed by atoms with Crippen LogP contribution in [0.1, 0.15) is 23.2 Å². The number of alkyl halides is 2. The molecule has 1 aromatic carbocycles. The molecule has 0 radical (unpaired) electrons. The SMILES string of the molecule is O=C(c1ccc(F)cc1OC(F)F)N1CCC(CO)CC1. The van der Waals surface area contributed by atoms with E-state index >= 15 is 0 Å². The lowest BCUT2D eigenvalue weighted by Gasteiger charge is -2.31. The average molecular weight is 303 g/mol. The van der Waals surface area contributed by atoms with Crippen molar-refractivity contribution in [3.05, 3.63) is 29.6 Å². The average Bonchev–Trinajstić information content (AvgIpc) is 2.46. The van der Waals surface area contributed by atoms with E-state index in [2.05, 4.69) is 4.74 Å². The third-order valence-electron chi connectivity index (χ3n) is 3.55. The summed E-state index contributed by atoms with van der Waals surface area (Å²) in [5.74, 6) is -1.53. The molecule has 0 aromatic heterocycles. The number of carbonyl (C=O) groups excluding carboxylic acids is 1. The van der Waals surface area contributed by atoms with E-state index in [0.717, 1.165) is 18.2 Å². The summed E-state index contributed by atoms with van der Waals surface area (Å²) < 4.78 is 42.0. The fraction of sp³-hybridized carbons (Fsp3) is 0.500. The Labute approximate surface area is 120 Å². The highest BCUT2D eigenvalue weighted by Gasteiger charge is 2.26. The van der Waals surface area contributed by atoms with Crippen LogP contribution in [0.5, 0.6) is 5.75 Å². The van der Waals surface area contributed by atoms with E-state index in [9.17, 15) is 18.0 Å². The Morgan fingerprint density at radius 2 is 2.05 bits per heavy atom. The molecule has 2 rings (SSSR count). The first kappa shape index (κ1) is 15.6. The minimum absolute atomic E-state index is 0.0678. The maximum absolute atomic E-state index is 13.1. The molecule has 4 nitrogen and oxygen atoms in total. The van der Waals surface area contributed by atoms with Crippen LogP contribution in [-0.2, 0) is 0 Å². The summed E-state index contributed by atoms with van der Waals surface area (Å²) in [5.41, 5.74) is -0.0841. The van der Waals surface area contributed by atoms with Crippen LogP contribution in [0.25, 0.3) is 0 Å². The largest absolute Gasteiger partial charge is 0.434 e. The monoisotopic (exact) mass is 303 g/mol. The van der Waals surface area contributed by atoms with Crippen LogP contribution in [0.15, 0.2) is 18.2 Å². The Kier molecular flexibility index (Phi) is 5.06. The van der Waals surface area contributed by atoms with Gasteiger partial charge in [-0.25, -0.2) is 4.39 Å². The first-order chi connectivity index (χ1) is 10.0. The van der Waals surface area contributed by atoms with Gasteiger partial charge in [0.2, 0.25) is 0 Å². The van der Waals surface area contributed by atoms with Crippen molar-refractivity contribution >= 4 is 5.91 Å². The number of hydrogen-bond acceptors (Lipinski definition) is 3. The van der Waals surface area contributed by atoms with Gasteiger partial charge < -0.3 is 14.7 Å². The number of rotatable bonds is 4. The molecule has 0 aliphatic carbocycles. The molecule has 1 N–H and O–H groups in total. The van der Waals surface area contributed by atoms with Crippen molar-refractivity contribution in [3.8, 4) is 5.75 Å². The Balaban J connectivity index is 2.15. The Morgan fingerprint density at radius 1 is 1.38 bits per heavy atom. The van der Waals surface area contributed by atoms with Gasteiger partial charge >= 0.3 is 6.61 Å². The first-order valence-electron chi connectivity index (χ1n) is 6.65. The van der Waals surface area contributed by atoms with E-state index < -0.39 is 24.1 Å². The van der Waals surface area contributed by atoms with Crippen molar-refractivity contribution in [3.63, 3.8) is 0 Å². The lowest BCUT2D eigenvalue weighted by atomic mass is 9.97. The van der Waals surface area contributed by atoms with Gasteiger partial charge in [-0.05, 0) is 30.9 Å². The number of aliphatic hydroxyl groups excluding tert-OH is 1. The van der Waals surface area contributed by atoms with Gasteiger partial charge in [-0.15, -0.1) is 0 Å². The molecule has 7 heteroatoms. The maximum atomic E-state index is 13.1. The molecule has 1 heterocycles. The fourth-order valence-corrected chi connectivity index (χ4v) is 2.36. The molecule has 116 valence electrons. The third-order valence-corrected chi connectivity index (χ3v) is 3.55. The van der Waals surface area contributed by atoms with Crippen LogP contribution in [0.2, 0.25) is 0 Å². The van der Waals surface area contributed by atoms with Crippen LogP contribution in [0.3, 0.4) is 0 Å². The minimum atomic E-state index is -3.13. The molecule has 1 saturated heterocycles. The number of halogens is 3. The number of hydrogen-bond donors (Lipinski definition) is 1. The lowest BCUT2D eigenvalue weighted by molar-refractivity contribution is -0.0504. The highest BCUT2D eigenvalue weighted by atomic mass is 19.3.